The molecule has 0 spiro atoms. The molecule has 0 unspecified atom stereocenters. The number of amides is 1. The van der Waals surface area contributed by atoms with E-state index in [1.807, 2.05) is 4.90 Å². The minimum absolute atomic E-state index is 0.280. The minimum atomic E-state index is 0.280. The monoisotopic (exact) mass is 212 g/mol. The van der Waals surface area contributed by atoms with Crippen molar-refractivity contribution in [3.05, 3.63) is 0 Å². The molecule has 15 heavy (non-hydrogen) atoms. The molecule has 0 aliphatic carbocycles. The van der Waals surface area contributed by atoms with Gasteiger partial charge in [-0.05, 0) is 31.8 Å². The van der Waals surface area contributed by atoms with Gasteiger partial charge in [0, 0.05) is 26.6 Å². The summed E-state index contributed by atoms with van der Waals surface area (Å²) in [7, 11) is 1.71. The molecule has 0 aromatic carbocycles. The number of ether oxygens (including phenoxy) is 1. The van der Waals surface area contributed by atoms with Crippen LogP contribution in [0.5, 0.6) is 0 Å². The fraction of sp³-hybridized carbons (Fsp3) is 0.909. The predicted molar refractivity (Wildman–Crippen MR) is 57.6 cm³/mol. The molecule has 2 saturated heterocycles. The van der Waals surface area contributed by atoms with Crippen molar-refractivity contribution in [2.45, 2.75) is 25.4 Å². The fourth-order valence-electron chi connectivity index (χ4n) is 2.25. The third kappa shape index (κ3) is 2.69. The maximum atomic E-state index is 11.8. The largest absolute Gasteiger partial charge is 0.378 e. The number of rotatable bonds is 3. The first-order chi connectivity index (χ1) is 7.29. The molecule has 1 amide bonds. The normalized spacial score (nSPS) is 23.9. The van der Waals surface area contributed by atoms with Crippen LogP contribution in [0.2, 0.25) is 0 Å². The molecule has 0 atom stereocenters. The molecule has 4 nitrogen and oxygen atoms in total. The van der Waals surface area contributed by atoms with Crippen LogP contribution < -0.4 is 5.32 Å². The second-order valence-corrected chi connectivity index (χ2v) is 4.55. The van der Waals surface area contributed by atoms with Crippen molar-refractivity contribution in [3.8, 4) is 0 Å². The number of carbonyl (C=O) groups is 1. The van der Waals surface area contributed by atoms with E-state index in [9.17, 15) is 4.79 Å². The molecule has 0 bridgehead atoms. The number of nitrogens with zero attached hydrogens (tertiary/aromatic N) is 1. The van der Waals surface area contributed by atoms with Crippen LogP contribution in [0.15, 0.2) is 0 Å². The smallest absolute Gasteiger partial charge is 0.223 e. The highest BCUT2D eigenvalue weighted by molar-refractivity contribution is 5.77. The molecule has 2 heterocycles. The maximum absolute atomic E-state index is 11.8. The summed E-state index contributed by atoms with van der Waals surface area (Å²) in [5.41, 5.74) is 0. The van der Waals surface area contributed by atoms with E-state index < -0.39 is 0 Å². The van der Waals surface area contributed by atoms with Crippen molar-refractivity contribution in [2.24, 2.45) is 5.92 Å². The highest BCUT2D eigenvalue weighted by Crippen LogP contribution is 2.20. The van der Waals surface area contributed by atoms with E-state index in [0.717, 1.165) is 45.4 Å². The number of carbonyl (C=O) groups excluding carboxylic acids is 1. The van der Waals surface area contributed by atoms with Gasteiger partial charge >= 0.3 is 0 Å². The Kier molecular flexibility index (Phi) is 3.59. The average molecular weight is 212 g/mol. The van der Waals surface area contributed by atoms with E-state index in [2.05, 4.69) is 5.32 Å². The Labute approximate surface area is 91.0 Å². The summed E-state index contributed by atoms with van der Waals surface area (Å²) in [4.78, 5) is 13.7. The summed E-state index contributed by atoms with van der Waals surface area (Å²) in [5, 5.41) is 3.32. The number of hydrogen-bond donors (Lipinski definition) is 1. The lowest BCUT2D eigenvalue weighted by Gasteiger charge is -2.39. The van der Waals surface area contributed by atoms with Gasteiger partial charge in [-0.3, -0.25) is 4.79 Å². The van der Waals surface area contributed by atoms with Gasteiger partial charge in [0.25, 0.3) is 0 Å². The number of methoxy groups -OCH3 is 1. The zero-order valence-electron chi connectivity index (χ0n) is 9.37. The molecule has 2 aliphatic heterocycles. The molecule has 4 heteroatoms. The molecule has 0 aromatic heterocycles. The van der Waals surface area contributed by atoms with Crippen molar-refractivity contribution in [2.75, 3.05) is 33.3 Å². The van der Waals surface area contributed by atoms with Gasteiger partial charge in [0.15, 0.2) is 0 Å². The van der Waals surface area contributed by atoms with Gasteiger partial charge in [-0.25, -0.2) is 0 Å². The predicted octanol–water partition coefficient (Wildman–Crippen LogP) is 0.233. The lowest BCUT2D eigenvalue weighted by atomic mass is 9.93. The van der Waals surface area contributed by atoms with Crippen molar-refractivity contribution in [3.63, 3.8) is 0 Å². The quantitative estimate of drug-likeness (QED) is 0.728. The van der Waals surface area contributed by atoms with E-state index in [0.29, 0.717) is 11.8 Å². The maximum Gasteiger partial charge on any atom is 0.223 e. The Morgan fingerprint density at radius 1 is 1.40 bits per heavy atom. The SMILES string of the molecule is COC1CN(C(=O)CC2CCNCC2)C1. The summed E-state index contributed by atoms with van der Waals surface area (Å²) in [6, 6.07) is 0. The van der Waals surface area contributed by atoms with Crippen LogP contribution >= 0.6 is 0 Å². The number of likely N-dealkylation sites (tertiary alicyclic amines) is 1. The fourth-order valence-corrected chi connectivity index (χ4v) is 2.25. The Hall–Kier alpha value is -0.610. The van der Waals surface area contributed by atoms with Crippen LogP contribution in [0, 0.1) is 5.92 Å². The van der Waals surface area contributed by atoms with Crippen LogP contribution in [-0.2, 0) is 9.53 Å². The van der Waals surface area contributed by atoms with Crippen molar-refractivity contribution < 1.29 is 9.53 Å². The van der Waals surface area contributed by atoms with Gasteiger partial charge in [0.2, 0.25) is 5.91 Å². The molecular formula is C11H20N2O2. The lowest BCUT2D eigenvalue weighted by Crippen LogP contribution is -2.54. The van der Waals surface area contributed by atoms with Gasteiger partial charge < -0.3 is 15.0 Å². The molecule has 0 saturated carbocycles. The Morgan fingerprint density at radius 3 is 2.67 bits per heavy atom. The van der Waals surface area contributed by atoms with Gasteiger partial charge in [-0.2, -0.15) is 0 Å². The van der Waals surface area contributed by atoms with E-state index in [1.54, 1.807) is 7.11 Å². The van der Waals surface area contributed by atoms with Crippen LogP contribution in [0.3, 0.4) is 0 Å². The first kappa shape index (κ1) is 10.9. The molecule has 2 rings (SSSR count). The van der Waals surface area contributed by atoms with Crippen molar-refractivity contribution in [1.82, 2.24) is 10.2 Å². The van der Waals surface area contributed by atoms with E-state index >= 15 is 0 Å². The van der Waals surface area contributed by atoms with Crippen LogP contribution in [0.25, 0.3) is 0 Å². The van der Waals surface area contributed by atoms with E-state index in [1.165, 1.54) is 0 Å². The summed E-state index contributed by atoms with van der Waals surface area (Å²) in [6.45, 7) is 3.72. The molecule has 2 fully saturated rings. The molecular weight excluding hydrogens is 192 g/mol. The summed E-state index contributed by atoms with van der Waals surface area (Å²) < 4.78 is 5.15. The second-order valence-electron chi connectivity index (χ2n) is 4.55. The first-order valence-corrected chi connectivity index (χ1v) is 5.81. The van der Waals surface area contributed by atoms with E-state index in [4.69, 9.17) is 4.74 Å². The molecule has 2 aliphatic rings. The summed E-state index contributed by atoms with van der Waals surface area (Å²) in [6.07, 6.45) is 3.31. The number of hydrogen-bond acceptors (Lipinski definition) is 3. The number of piperidine rings is 1. The Bertz CT molecular complexity index is 221. The van der Waals surface area contributed by atoms with Crippen molar-refractivity contribution >= 4 is 5.91 Å². The molecule has 1 N–H and O–H groups in total. The van der Waals surface area contributed by atoms with Crippen LogP contribution in [0.1, 0.15) is 19.3 Å². The summed E-state index contributed by atoms with van der Waals surface area (Å²) in [5.74, 6) is 0.913. The Morgan fingerprint density at radius 2 is 2.07 bits per heavy atom. The number of nitrogens with one attached hydrogen (secondary N) is 1. The van der Waals surface area contributed by atoms with Crippen LogP contribution in [-0.4, -0.2) is 50.2 Å². The van der Waals surface area contributed by atoms with E-state index in [-0.39, 0.29) is 6.10 Å². The lowest BCUT2D eigenvalue weighted by molar-refractivity contribution is -0.144. The zero-order valence-corrected chi connectivity index (χ0v) is 9.37. The Balaban J connectivity index is 1.68. The van der Waals surface area contributed by atoms with Gasteiger partial charge in [-0.15, -0.1) is 0 Å². The average Bonchev–Trinajstić information content (AvgIpc) is 2.17. The topological polar surface area (TPSA) is 41.6 Å². The van der Waals surface area contributed by atoms with Gasteiger partial charge in [-0.1, -0.05) is 0 Å². The summed E-state index contributed by atoms with van der Waals surface area (Å²) >= 11 is 0. The van der Waals surface area contributed by atoms with Gasteiger partial charge in [0.1, 0.15) is 0 Å². The van der Waals surface area contributed by atoms with Gasteiger partial charge in [0.05, 0.1) is 6.10 Å². The van der Waals surface area contributed by atoms with Crippen molar-refractivity contribution in [1.29, 1.82) is 0 Å². The second kappa shape index (κ2) is 4.94. The highest BCUT2D eigenvalue weighted by Gasteiger charge is 2.31. The highest BCUT2D eigenvalue weighted by atomic mass is 16.5. The zero-order chi connectivity index (χ0) is 10.7. The third-order valence-electron chi connectivity index (χ3n) is 3.46. The first-order valence-electron chi connectivity index (χ1n) is 5.81. The minimum Gasteiger partial charge on any atom is -0.378 e. The molecule has 86 valence electrons. The standard InChI is InChI=1S/C11H20N2O2/c1-15-10-7-13(8-10)11(14)6-9-2-4-12-5-3-9/h9-10,12H,2-8H2,1H3. The third-order valence-corrected chi connectivity index (χ3v) is 3.46. The molecule has 0 aromatic rings. The molecule has 0 radical (unpaired) electrons. The van der Waals surface area contributed by atoms with Crippen LogP contribution in [0.4, 0.5) is 0 Å².